The lowest BCUT2D eigenvalue weighted by molar-refractivity contribution is 1.18. The molecule has 0 spiro atoms. The van der Waals surface area contributed by atoms with E-state index in [1.54, 1.807) is 0 Å². The Labute approximate surface area is 707 Å². The summed E-state index contributed by atoms with van der Waals surface area (Å²) in [6, 6.07) is 172. The van der Waals surface area contributed by atoms with Crippen LogP contribution in [0.15, 0.2) is 473 Å². The van der Waals surface area contributed by atoms with Gasteiger partial charge < -0.3 is 18.9 Å². The van der Waals surface area contributed by atoms with Gasteiger partial charge in [-0.3, -0.25) is 0 Å². The van der Waals surface area contributed by atoms with Crippen LogP contribution in [-0.4, -0.2) is 9.13 Å². The highest BCUT2D eigenvalue weighted by molar-refractivity contribution is 6.27. The van der Waals surface area contributed by atoms with Gasteiger partial charge in [-0.1, -0.05) is 340 Å². The minimum Gasteiger partial charge on any atom is -0.311 e. The van der Waals surface area contributed by atoms with Gasteiger partial charge in [-0.15, -0.1) is 0 Å². The third-order valence-corrected chi connectivity index (χ3v) is 24.9. The van der Waals surface area contributed by atoms with E-state index in [9.17, 15) is 0 Å². The van der Waals surface area contributed by atoms with Gasteiger partial charge in [0, 0.05) is 66.7 Å². The molecule has 0 N–H and O–H groups in total. The first-order valence-corrected chi connectivity index (χ1v) is 42.0. The second kappa shape index (κ2) is 30.1. The summed E-state index contributed by atoms with van der Waals surface area (Å²) < 4.78 is 4.79. The number of para-hydroxylation sites is 4. The molecule has 2 aromatic heterocycles. The predicted octanol–water partition coefficient (Wildman–Crippen LogP) is 32.9. The van der Waals surface area contributed by atoms with Gasteiger partial charge in [0.1, 0.15) is 0 Å². The number of fused-ring (bicyclic) bond motifs is 19. The Kier molecular flexibility index (Phi) is 17.6. The number of rotatable bonds is 13. The molecule has 0 amide bonds. The van der Waals surface area contributed by atoms with Crippen LogP contribution in [0.1, 0.15) is 0 Å². The van der Waals surface area contributed by atoms with E-state index in [4.69, 9.17) is 0 Å². The van der Waals surface area contributed by atoms with Gasteiger partial charge in [0.25, 0.3) is 0 Å². The molecule has 0 saturated carbocycles. The summed E-state index contributed by atoms with van der Waals surface area (Å²) in [4.78, 5) is 4.73. The molecular weight excluding hydrogens is 1470 g/mol. The lowest BCUT2D eigenvalue weighted by atomic mass is 9.92. The van der Waals surface area contributed by atoms with Crippen molar-refractivity contribution < 1.29 is 0 Å². The summed E-state index contributed by atoms with van der Waals surface area (Å²) in [5.41, 5.74) is 25.8. The highest BCUT2D eigenvalue weighted by atomic mass is 15.1. The molecule has 2 heterocycles. The highest BCUT2D eigenvalue weighted by Gasteiger charge is 2.22. The minimum atomic E-state index is 1.09. The normalized spacial score (nSPS) is 11.6. The summed E-state index contributed by atoms with van der Waals surface area (Å²) in [6.45, 7) is 0. The molecule has 122 heavy (non-hydrogen) atoms. The molecule has 0 bridgehead atoms. The third-order valence-electron chi connectivity index (χ3n) is 24.9. The second-order valence-electron chi connectivity index (χ2n) is 31.8. The number of nitrogens with zero attached hydrogens (tertiary/aromatic N) is 4. The van der Waals surface area contributed by atoms with Crippen molar-refractivity contribution >= 4 is 153 Å². The average molecular weight is 1550 g/mol. The summed E-state index contributed by atoms with van der Waals surface area (Å²) >= 11 is 0. The Hall–Kier alpha value is -16.1. The van der Waals surface area contributed by atoms with Gasteiger partial charge in [-0.25, -0.2) is 0 Å². The molecule has 0 aliphatic heterocycles. The molecular formula is C118H78N4. The smallest absolute Gasteiger partial charge is 0.0541 e. The number of hydrogen-bond donors (Lipinski definition) is 0. The topological polar surface area (TPSA) is 16.3 Å². The molecule has 0 aliphatic carbocycles. The zero-order valence-corrected chi connectivity index (χ0v) is 66.8. The Bertz CT molecular complexity index is 8060. The van der Waals surface area contributed by atoms with Crippen molar-refractivity contribution in [2.24, 2.45) is 0 Å². The molecule has 0 atom stereocenters. The summed E-state index contributed by atoms with van der Waals surface area (Å²) in [7, 11) is 0. The first-order valence-electron chi connectivity index (χ1n) is 42.0. The maximum atomic E-state index is 2.43. The fraction of sp³-hybridized carbons (Fsp3) is 0. The Morgan fingerprint density at radius 1 is 0.131 bits per heavy atom. The van der Waals surface area contributed by atoms with Crippen molar-refractivity contribution in [2.45, 2.75) is 0 Å². The van der Waals surface area contributed by atoms with Crippen molar-refractivity contribution in [2.75, 3.05) is 9.80 Å². The van der Waals surface area contributed by atoms with Gasteiger partial charge in [-0.2, -0.15) is 0 Å². The van der Waals surface area contributed by atoms with Gasteiger partial charge in [-0.05, 0) is 259 Å². The fourth-order valence-electron chi connectivity index (χ4n) is 19.1. The van der Waals surface area contributed by atoms with Crippen LogP contribution in [0.3, 0.4) is 0 Å². The van der Waals surface area contributed by atoms with Crippen LogP contribution in [0.5, 0.6) is 0 Å². The Balaban J connectivity index is 0.000000144. The minimum absolute atomic E-state index is 1.09. The molecule has 4 nitrogen and oxygen atoms in total. The van der Waals surface area contributed by atoms with Crippen LogP contribution in [0.4, 0.5) is 34.1 Å². The van der Waals surface area contributed by atoms with E-state index in [2.05, 4.69) is 492 Å². The van der Waals surface area contributed by atoms with Gasteiger partial charge in [0.05, 0.1) is 27.8 Å². The van der Waals surface area contributed by atoms with E-state index in [1.165, 1.54) is 186 Å². The summed E-state index contributed by atoms with van der Waals surface area (Å²) in [5.74, 6) is 0. The fourth-order valence-corrected chi connectivity index (χ4v) is 19.1. The Morgan fingerprint density at radius 2 is 0.393 bits per heavy atom. The van der Waals surface area contributed by atoms with E-state index < -0.39 is 0 Å². The molecule has 24 rings (SSSR count). The van der Waals surface area contributed by atoms with E-state index in [0.29, 0.717) is 0 Å². The summed E-state index contributed by atoms with van der Waals surface area (Å²) in [5, 5.41) is 22.9. The molecule has 24 aromatic rings. The van der Waals surface area contributed by atoms with Gasteiger partial charge in [0.15, 0.2) is 0 Å². The lowest BCUT2D eigenvalue weighted by Gasteiger charge is -2.26. The Morgan fingerprint density at radius 3 is 0.852 bits per heavy atom. The van der Waals surface area contributed by atoms with Gasteiger partial charge in [0.2, 0.25) is 0 Å². The molecule has 0 saturated heterocycles. The number of hydrogen-bond acceptors (Lipinski definition) is 2. The highest BCUT2D eigenvalue weighted by Crippen LogP contribution is 2.46. The van der Waals surface area contributed by atoms with Crippen molar-refractivity contribution in [3.8, 4) is 67.0 Å². The maximum Gasteiger partial charge on any atom is 0.0541 e. The first kappa shape index (κ1) is 71.2. The van der Waals surface area contributed by atoms with Crippen LogP contribution in [0.2, 0.25) is 0 Å². The second-order valence-corrected chi connectivity index (χ2v) is 31.8. The zero-order chi connectivity index (χ0) is 80.6. The molecule has 22 aromatic carbocycles. The number of aromatic nitrogens is 2. The standard InChI is InChI=1S/C64H42N2.C54H36N2/c1-2-13-43(14-3-1)44-25-33-50(34-26-44)65(51-35-27-45(28-36-51)48-31-39-58-56-20-7-6-18-54(56)55-19-8-9-21-57(55)60(58)41-48)52-37-29-46(30-38-52)49-32-40-64-61(42-49)59-22-10-11-23-63(59)66(64)62-24-12-16-47-15-4-5-17-53(47)62;1-3-13-41(14-4-1)55(44-32-33-49-47-19-8-7-17-45(47)46-18-9-10-20-48(46)51(49)36-44)43-30-27-38(28-31-43)37-23-25-39(26-24-37)40-29-34-54-52(35-40)50-21-11-12-22-53(50)56(54)42-15-5-2-6-16-42/h1-42H;1-36H. The third kappa shape index (κ3) is 12.5. The van der Waals surface area contributed by atoms with E-state index in [-0.39, 0.29) is 0 Å². The van der Waals surface area contributed by atoms with E-state index in [1.807, 2.05) is 0 Å². The van der Waals surface area contributed by atoms with Crippen LogP contribution < -0.4 is 9.80 Å². The van der Waals surface area contributed by atoms with E-state index >= 15 is 0 Å². The predicted molar refractivity (Wildman–Crippen MR) is 521 cm³/mol. The molecule has 570 valence electrons. The number of anilines is 6. The summed E-state index contributed by atoms with van der Waals surface area (Å²) in [6.07, 6.45) is 0. The van der Waals surface area contributed by atoms with Crippen molar-refractivity contribution in [1.29, 1.82) is 0 Å². The molecule has 0 aliphatic rings. The quantitative estimate of drug-likeness (QED) is 0.107. The first-order chi connectivity index (χ1) is 60.5. The SMILES string of the molecule is c1ccc(-c2ccc(N(c3ccc(-c4ccc5c6ccccc6c6ccccc6c5c4)cc3)c3ccc(-c4ccc5c(c4)c4ccccc4n5-c4cccc5ccccc45)cc3)cc2)cc1.c1ccc(N(c2ccc(-c3ccc(-c4ccc5c(c4)c4ccccc4n5-c4ccccc4)cc3)cc2)c2ccc3c4ccccc4c4ccccc4c3c2)cc1. The molecule has 0 radical (unpaired) electrons. The van der Waals surface area contributed by atoms with Crippen LogP contribution in [0.25, 0.3) is 186 Å². The van der Waals surface area contributed by atoms with E-state index in [0.717, 1.165) is 34.1 Å². The van der Waals surface area contributed by atoms with Crippen molar-refractivity contribution in [3.63, 3.8) is 0 Å². The zero-order valence-electron chi connectivity index (χ0n) is 66.8. The average Bonchev–Trinajstić information content (AvgIpc) is 1.34. The largest absolute Gasteiger partial charge is 0.311 e. The van der Waals surface area contributed by atoms with Gasteiger partial charge >= 0.3 is 0 Å². The van der Waals surface area contributed by atoms with Crippen LogP contribution in [-0.2, 0) is 0 Å². The molecule has 4 heteroatoms. The van der Waals surface area contributed by atoms with Crippen LogP contribution in [0, 0.1) is 0 Å². The maximum absolute atomic E-state index is 2.43. The van der Waals surface area contributed by atoms with Crippen molar-refractivity contribution in [3.05, 3.63) is 473 Å². The molecule has 0 fully saturated rings. The lowest BCUT2D eigenvalue weighted by Crippen LogP contribution is -2.09. The number of benzene rings is 22. The monoisotopic (exact) mass is 1550 g/mol. The van der Waals surface area contributed by atoms with Crippen molar-refractivity contribution in [1.82, 2.24) is 9.13 Å². The molecule has 0 unspecified atom stereocenters. The van der Waals surface area contributed by atoms with Crippen LogP contribution >= 0.6 is 0 Å².